The average molecular weight is 292 g/mol. The van der Waals surface area contributed by atoms with E-state index < -0.39 is 12.1 Å². The van der Waals surface area contributed by atoms with E-state index in [9.17, 15) is 9.59 Å². The zero-order valence-corrected chi connectivity index (χ0v) is 12.9. The average Bonchev–Trinajstić information content (AvgIpc) is 2.36. The van der Waals surface area contributed by atoms with Gasteiger partial charge in [0.05, 0.1) is 12.1 Å². The minimum absolute atomic E-state index is 0.173. The number of hydrogen-bond donors (Lipinski definition) is 4. The number of carbonyl (C=O) groups is 2. The standard InChI is InChI=1S/C15H24N4O2/c1-9(18-13(20)12(16)15(2,3)4)10-5-7-11(8-6-10)19-14(17)21/h5-9,12H,16H2,1-4H3,(H,18,20)(H3,17,19,21)/t9?,12-/m0/s1. The van der Waals surface area contributed by atoms with E-state index in [-0.39, 0.29) is 17.4 Å². The van der Waals surface area contributed by atoms with Crippen molar-refractivity contribution in [3.05, 3.63) is 29.8 Å². The number of urea groups is 1. The first-order valence-corrected chi connectivity index (χ1v) is 6.83. The molecule has 0 heterocycles. The van der Waals surface area contributed by atoms with Crippen LogP contribution in [-0.2, 0) is 4.79 Å². The molecule has 1 rings (SSSR count). The summed E-state index contributed by atoms with van der Waals surface area (Å²) in [5.41, 5.74) is 12.2. The van der Waals surface area contributed by atoms with Gasteiger partial charge in [-0.1, -0.05) is 32.9 Å². The first kappa shape index (κ1) is 17.0. The predicted octanol–water partition coefficient (Wildman–Crippen LogP) is 1.73. The van der Waals surface area contributed by atoms with Gasteiger partial charge in [-0.25, -0.2) is 4.79 Å². The summed E-state index contributed by atoms with van der Waals surface area (Å²) in [5.74, 6) is -0.186. The molecule has 1 unspecified atom stereocenters. The molecule has 0 bridgehead atoms. The second kappa shape index (κ2) is 6.58. The van der Waals surface area contributed by atoms with Crippen LogP contribution in [0.5, 0.6) is 0 Å². The van der Waals surface area contributed by atoms with Crippen molar-refractivity contribution < 1.29 is 9.59 Å². The third-order valence-electron chi connectivity index (χ3n) is 3.25. The molecule has 6 heteroatoms. The molecule has 6 nitrogen and oxygen atoms in total. The van der Waals surface area contributed by atoms with Crippen LogP contribution in [-0.4, -0.2) is 18.0 Å². The summed E-state index contributed by atoms with van der Waals surface area (Å²) in [6, 6.07) is 5.74. The summed E-state index contributed by atoms with van der Waals surface area (Å²) in [6.45, 7) is 7.65. The lowest BCUT2D eigenvalue weighted by atomic mass is 9.86. The molecule has 1 aromatic carbocycles. The lowest BCUT2D eigenvalue weighted by Gasteiger charge is -2.27. The van der Waals surface area contributed by atoms with Crippen LogP contribution in [0, 0.1) is 5.41 Å². The van der Waals surface area contributed by atoms with Crippen LogP contribution in [0.4, 0.5) is 10.5 Å². The van der Waals surface area contributed by atoms with E-state index >= 15 is 0 Å². The highest BCUT2D eigenvalue weighted by Crippen LogP contribution is 2.20. The fourth-order valence-corrected chi connectivity index (χ4v) is 1.78. The van der Waals surface area contributed by atoms with Gasteiger partial charge in [0.2, 0.25) is 5.91 Å². The number of nitrogens with two attached hydrogens (primary N) is 2. The second-order valence-corrected chi connectivity index (χ2v) is 6.19. The van der Waals surface area contributed by atoms with E-state index in [1.807, 2.05) is 39.8 Å². The van der Waals surface area contributed by atoms with Crippen LogP contribution in [0.3, 0.4) is 0 Å². The van der Waals surface area contributed by atoms with E-state index in [1.54, 1.807) is 12.1 Å². The summed E-state index contributed by atoms with van der Waals surface area (Å²) in [5, 5.41) is 5.37. The van der Waals surface area contributed by atoms with Gasteiger partial charge in [0, 0.05) is 5.69 Å². The minimum atomic E-state index is -0.611. The van der Waals surface area contributed by atoms with Gasteiger partial charge >= 0.3 is 6.03 Å². The molecule has 0 radical (unpaired) electrons. The number of rotatable bonds is 4. The summed E-state index contributed by atoms with van der Waals surface area (Å²) in [6.07, 6.45) is 0. The van der Waals surface area contributed by atoms with Gasteiger partial charge in [-0.2, -0.15) is 0 Å². The molecule has 6 N–H and O–H groups in total. The molecule has 0 aliphatic heterocycles. The number of primary amides is 1. The Morgan fingerprint density at radius 3 is 2.10 bits per heavy atom. The fraction of sp³-hybridized carbons (Fsp3) is 0.467. The van der Waals surface area contributed by atoms with Crippen molar-refractivity contribution in [2.24, 2.45) is 16.9 Å². The number of anilines is 1. The zero-order chi connectivity index (χ0) is 16.2. The molecule has 1 aromatic rings. The monoisotopic (exact) mass is 292 g/mol. The third kappa shape index (κ3) is 5.07. The van der Waals surface area contributed by atoms with Crippen molar-refractivity contribution in [3.8, 4) is 0 Å². The summed E-state index contributed by atoms with van der Waals surface area (Å²) >= 11 is 0. The Morgan fingerprint density at radius 1 is 1.14 bits per heavy atom. The Bertz CT molecular complexity index is 505. The third-order valence-corrected chi connectivity index (χ3v) is 3.25. The zero-order valence-electron chi connectivity index (χ0n) is 12.9. The molecule has 2 atom stereocenters. The molecule has 0 spiro atoms. The minimum Gasteiger partial charge on any atom is -0.351 e. The smallest absolute Gasteiger partial charge is 0.316 e. The lowest BCUT2D eigenvalue weighted by Crippen LogP contribution is -2.49. The molecule has 0 saturated heterocycles. The Labute approximate surface area is 125 Å². The molecule has 0 saturated carbocycles. The molecule has 21 heavy (non-hydrogen) atoms. The topological polar surface area (TPSA) is 110 Å². The number of nitrogens with one attached hydrogen (secondary N) is 2. The van der Waals surface area contributed by atoms with Crippen LogP contribution >= 0.6 is 0 Å². The molecule has 116 valence electrons. The fourth-order valence-electron chi connectivity index (χ4n) is 1.78. The van der Waals surface area contributed by atoms with Crippen LogP contribution in [0.15, 0.2) is 24.3 Å². The summed E-state index contributed by atoms with van der Waals surface area (Å²) in [7, 11) is 0. The van der Waals surface area contributed by atoms with Crippen LogP contribution < -0.4 is 22.1 Å². The lowest BCUT2D eigenvalue weighted by molar-refractivity contribution is -0.125. The molecule has 3 amide bonds. The van der Waals surface area contributed by atoms with Crippen LogP contribution in [0.25, 0.3) is 0 Å². The van der Waals surface area contributed by atoms with Crippen LogP contribution in [0.2, 0.25) is 0 Å². The predicted molar refractivity (Wildman–Crippen MR) is 83.6 cm³/mol. The van der Waals surface area contributed by atoms with Crippen molar-refractivity contribution in [1.29, 1.82) is 0 Å². The maximum absolute atomic E-state index is 12.1. The van der Waals surface area contributed by atoms with Gasteiger partial charge < -0.3 is 22.1 Å². The highest BCUT2D eigenvalue weighted by atomic mass is 16.2. The first-order chi connectivity index (χ1) is 9.61. The van der Waals surface area contributed by atoms with Gasteiger partial charge in [-0.05, 0) is 30.0 Å². The SMILES string of the molecule is CC(NC(=O)[C@H](N)C(C)(C)C)c1ccc(NC(N)=O)cc1. The Morgan fingerprint density at radius 2 is 1.67 bits per heavy atom. The normalized spacial score (nSPS) is 14.1. The second-order valence-electron chi connectivity index (χ2n) is 6.19. The number of hydrogen-bond acceptors (Lipinski definition) is 3. The van der Waals surface area contributed by atoms with E-state index in [1.165, 1.54) is 0 Å². The van der Waals surface area contributed by atoms with Crippen molar-refractivity contribution in [3.63, 3.8) is 0 Å². The molecule has 0 aromatic heterocycles. The number of benzene rings is 1. The highest BCUT2D eigenvalue weighted by Gasteiger charge is 2.28. The maximum atomic E-state index is 12.1. The highest BCUT2D eigenvalue weighted by molar-refractivity contribution is 5.87. The van der Waals surface area contributed by atoms with Gasteiger partial charge in [-0.15, -0.1) is 0 Å². The van der Waals surface area contributed by atoms with Gasteiger partial charge in [0.25, 0.3) is 0 Å². The van der Waals surface area contributed by atoms with Crippen molar-refractivity contribution in [2.45, 2.75) is 39.8 Å². The summed E-state index contributed by atoms with van der Waals surface area (Å²) < 4.78 is 0. The molecule has 0 aliphatic rings. The van der Waals surface area contributed by atoms with Crippen molar-refractivity contribution >= 4 is 17.6 Å². The molecule has 0 fully saturated rings. The van der Waals surface area contributed by atoms with E-state index in [0.717, 1.165) is 5.56 Å². The summed E-state index contributed by atoms with van der Waals surface area (Å²) in [4.78, 5) is 22.8. The molecular formula is C15H24N4O2. The Hall–Kier alpha value is -2.08. The Kier molecular flexibility index (Phi) is 5.32. The molecule has 0 aliphatic carbocycles. The molecular weight excluding hydrogens is 268 g/mol. The van der Waals surface area contributed by atoms with Gasteiger partial charge in [-0.3, -0.25) is 4.79 Å². The van der Waals surface area contributed by atoms with E-state index in [2.05, 4.69) is 10.6 Å². The first-order valence-electron chi connectivity index (χ1n) is 6.83. The van der Waals surface area contributed by atoms with Crippen LogP contribution in [0.1, 0.15) is 39.3 Å². The van der Waals surface area contributed by atoms with Crippen molar-refractivity contribution in [2.75, 3.05) is 5.32 Å². The van der Waals surface area contributed by atoms with Gasteiger partial charge in [0.15, 0.2) is 0 Å². The maximum Gasteiger partial charge on any atom is 0.316 e. The number of amides is 3. The van der Waals surface area contributed by atoms with Crippen molar-refractivity contribution in [1.82, 2.24) is 5.32 Å². The van der Waals surface area contributed by atoms with E-state index in [4.69, 9.17) is 11.5 Å². The van der Waals surface area contributed by atoms with Gasteiger partial charge in [0.1, 0.15) is 0 Å². The largest absolute Gasteiger partial charge is 0.351 e. The van der Waals surface area contributed by atoms with E-state index in [0.29, 0.717) is 5.69 Å². The number of carbonyl (C=O) groups excluding carboxylic acids is 2. The quantitative estimate of drug-likeness (QED) is 0.678. The Balaban J connectivity index is 2.69.